The van der Waals surface area contributed by atoms with Crippen LogP contribution in [0.3, 0.4) is 0 Å². The van der Waals surface area contributed by atoms with Crippen LogP contribution in [0.5, 0.6) is 11.5 Å². The molecule has 1 aliphatic rings. The van der Waals surface area contributed by atoms with E-state index >= 15 is 0 Å². The number of esters is 1. The fraction of sp³-hybridized carbons (Fsp3) is 0.611. The minimum Gasteiger partial charge on any atom is -0.497 e. The van der Waals surface area contributed by atoms with Crippen LogP contribution in [0.2, 0.25) is 0 Å². The third kappa shape index (κ3) is 5.69. The first-order valence-corrected chi connectivity index (χ1v) is 8.46. The van der Waals surface area contributed by atoms with Gasteiger partial charge in [0, 0.05) is 12.6 Å². The molecule has 1 aliphatic heterocycles. The molecular weight excluding hydrogens is 310 g/mol. The van der Waals surface area contributed by atoms with Crippen molar-refractivity contribution < 1.29 is 24.1 Å². The van der Waals surface area contributed by atoms with Gasteiger partial charge in [0.05, 0.1) is 19.6 Å². The summed E-state index contributed by atoms with van der Waals surface area (Å²) in [5, 5.41) is 10.2. The van der Waals surface area contributed by atoms with Crippen LogP contribution in [-0.4, -0.2) is 62.0 Å². The molecule has 1 aromatic carbocycles. The molecule has 1 N–H and O–H groups in total. The van der Waals surface area contributed by atoms with Gasteiger partial charge in [-0.3, -0.25) is 4.79 Å². The maximum Gasteiger partial charge on any atom is 0.309 e. The van der Waals surface area contributed by atoms with Crippen LogP contribution in [0.15, 0.2) is 24.3 Å². The zero-order chi connectivity index (χ0) is 17.4. The minimum absolute atomic E-state index is 0.00798. The summed E-state index contributed by atoms with van der Waals surface area (Å²) in [6.07, 6.45) is 0.986. The summed E-state index contributed by atoms with van der Waals surface area (Å²) in [5.74, 6) is 1.29. The lowest BCUT2D eigenvalue weighted by molar-refractivity contribution is -0.149. The van der Waals surface area contributed by atoms with Gasteiger partial charge in [0.1, 0.15) is 24.2 Å². The average Bonchev–Trinajstić information content (AvgIpc) is 2.61. The van der Waals surface area contributed by atoms with E-state index in [0.29, 0.717) is 18.9 Å². The number of rotatable bonds is 8. The number of hydrogen-bond donors (Lipinski definition) is 1. The van der Waals surface area contributed by atoms with Crippen LogP contribution < -0.4 is 9.47 Å². The van der Waals surface area contributed by atoms with E-state index in [2.05, 4.69) is 4.90 Å². The normalized spacial score (nSPS) is 17.3. The summed E-state index contributed by atoms with van der Waals surface area (Å²) in [6, 6.07) is 7.31. The maximum atomic E-state index is 11.7. The molecule has 1 aromatic rings. The summed E-state index contributed by atoms with van der Waals surface area (Å²) >= 11 is 0. The number of carbonyl (C=O) groups is 1. The fourth-order valence-corrected chi connectivity index (χ4v) is 2.85. The number of hydrogen-bond acceptors (Lipinski definition) is 6. The summed E-state index contributed by atoms with van der Waals surface area (Å²) in [5.41, 5.74) is 0. The van der Waals surface area contributed by atoms with Gasteiger partial charge in [-0.25, -0.2) is 0 Å². The minimum atomic E-state index is -0.574. The van der Waals surface area contributed by atoms with E-state index in [1.165, 1.54) is 0 Å². The lowest BCUT2D eigenvalue weighted by Crippen LogP contribution is -2.42. The second-order valence-corrected chi connectivity index (χ2v) is 5.97. The van der Waals surface area contributed by atoms with E-state index in [4.69, 9.17) is 14.2 Å². The first-order valence-electron chi connectivity index (χ1n) is 8.46. The topological polar surface area (TPSA) is 68.2 Å². The lowest BCUT2D eigenvalue weighted by atomic mass is 9.97. The smallest absolute Gasteiger partial charge is 0.309 e. The Morgan fingerprint density at radius 2 is 2.04 bits per heavy atom. The Morgan fingerprint density at radius 3 is 2.71 bits per heavy atom. The molecule has 1 fully saturated rings. The molecule has 24 heavy (non-hydrogen) atoms. The molecule has 0 radical (unpaired) electrons. The van der Waals surface area contributed by atoms with Crippen molar-refractivity contribution in [1.82, 2.24) is 4.90 Å². The third-order valence-corrected chi connectivity index (χ3v) is 4.16. The molecule has 2 rings (SSSR count). The summed E-state index contributed by atoms with van der Waals surface area (Å²) in [4.78, 5) is 13.9. The van der Waals surface area contributed by atoms with Crippen LogP contribution in [-0.2, 0) is 9.53 Å². The predicted molar refractivity (Wildman–Crippen MR) is 90.3 cm³/mol. The van der Waals surface area contributed by atoms with Gasteiger partial charge in [-0.15, -0.1) is 0 Å². The van der Waals surface area contributed by atoms with Crippen LogP contribution >= 0.6 is 0 Å². The Kier molecular flexibility index (Phi) is 7.34. The third-order valence-electron chi connectivity index (χ3n) is 4.16. The SMILES string of the molecule is CCOC(=O)C1CCN(C[C@H](O)COc2cccc(OC)c2)CC1. The Labute approximate surface area is 143 Å². The molecular formula is C18H27NO5. The van der Waals surface area contributed by atoms with Gasteiger partial charge in [0.25, 0.3) is 0 Å². The van der Waals surface area contributed by atoms with Crippen molar-refractivity contribution in [2.45, 2.75) is 25.9 Å². The first-order chi connectivity index (χ1) is 11.6. The highest BCUT2D eigenvalue weighted by Crippen LogP contribution is 2.20. The molecule has 0 bridgehead atoms. The number of nitrogens with zero attached hydrogens (tertiary/aromatic N) is 1. The Morgan fingerprint density at radius 1 is 1.33 bits per heavy atom. The van der Waals surface area contributed by atoms with Crippen molar-refractivity contribution in [2.24, 2.45) is 5.92 Å². The second-order valence-electron chi connectivity index (χ2n) is 5.97. The van der Waals surface area contributed by atoms with E-state index in [0.717, 1.165) is 31.7 Å². The summed E-state index contributed by atoms with van der Waals surface area (Å²) in [7, 11) is 1.61. The molecule has 0 unspecified atom stereocenters. The van der Waals surface area contributed by atoms with Gasteiger partial charge in [-0.1, -0.05) is 6.07 Å². The van der Waals surface area contributed by atoms with Crippen molar-refractivity contribution in [3.05, 3.63) is 24.3 Å². The number of likely N-dealkylation sites (tertiary alicyclic amines) is 1. The van der Waals surface area contributed by atoms with Gasteiger partial charge < -0.3 is 24.2 Å². The van der Waals surface area contributed by atoms with Crippen molar-refractivity contribution in [3.63, 3.8) is 0 Å². The van der Waals surface area contributed by atoms with Crippen LogP contribution in [0.4, 0.5) is 0 Å². The fourth-order valence-electron chi connectivity index (χ4n) is 2.85. The largest absolute Gasteiger partial charge is 0.497 e. The summed E-state index contributed by atoms with van der Waals surface area (Å²) < 4.78 is 15.8. The molecule has 0 aromatic heterocycles. The zero-order valence-corrected chi connectivity index (χ0v) is 14.4. The number of piperidine rings is 1. The number of aliphatic hydroxyl groups is 1. The highest BCUT2D eigenvalue weighted by Gasteiger charge is 2.26. The zero-order valence-electron chi connectivity index (χ0n) is 14.4. The lowest BCUT2D eigenvalue weighted by Gasteiger charge is -2.32. The quantitative estimate of drug-likeness (QED) is 0.729. The van der Waals surface area contributed by atoms with Crippen molar-refractivity contribution in [3.8, 4) is 11.5 Å². The van der Waals surface area contributed by atoms with E-state index < -0.39 is 6.10 Å². The Bertz CT molecular complexity index is 514. The average molecular weight is 337 g/mol. The summed E-state index contributed by atoms with van der Waals surface area (Å²) in [6.45, 7) is 4.61. The molecule has 0 spiro atoms. The number of aliphatic hydroxyl groups excluding tert-OH is 1. The molecule has 1 heterocycles. The van der Waals surface area contributed by atoms with Crippen LogP contribution in [0, 0.1) is 5.92 Å². The molecule has 6 heteroatoms. The van der Waals surface area contributed by atoms with Gasteiger partial charge >= 0.3 is 5.97 Å². The molecule has 6 nitrogen and oxygen atoms in total. The van der Waals surface area contributed by atoms with Crippen molar-refractivity contribution >= 4 is 5.97 Å². The van der Waals surface area contributed by atoms with Crippen molar-refractivity contribution in [1.29, 1.82) is 0 Å². The molecule has 0 aliphatic carbocycles. The molecule has 1 saturated heterocycles. The monoisotopic (exact) mass is 337 g/mol. The van der Waals surface area contributed by atoms with Gasteiger partial charge in [-0.2, -0.15) is 0 Å². The van der Waals surface area contributed by atoms with Crippen molar-refractivity contribution in [2.75, 3.05) is 40.0 Å². The number of carbonyl (C=O) groups excluding carboxylic acids is 1. The molecule has 0 saturated carbocycles. The highest BCUT2D eigenvalue weighted by molar-refractivity contribution is 5.72. The Balaban J connectivity index is 1.69. The van der Waals surface area contributed by atoms with Gasteiger partial charge in [-0.05, 0) is 45.0 Å². The number of methoxy groups -OCH3 is 1. The highest BCUT2D eigenvalue weighted by atomic mass is 16.5. The molecule has 0 amide bonds. The number of benzene rings is 1. The Hall–Kier alpha value is -1.79. The number of ether oxygens (including phenoxy) is 3. The first kappa shape index (κ1) is 18.5. The predicted octanol–water partition coefficient (Wildman–Crippen LogP) is 1.71. The van der Waals surface area contributed by atoms with Gasteiger partial charge in [0.15, 0.2) is 0 Å². The van der Waals surface area contributed by atoms with E-state index in [9.17, 15) is 9.90 Å². The van der Waals surface area contributed by atoms with Gasteiger partial charge in [0.2, 0.25) is 0 Å². The van der Waals surface area contributed by atoms with Crippen LogP contribution in [0.1, 0.15) is 19.8 Å². The van der Waals surface area contributed by atoms with Crippen LogP contribution in [0.25, 0.3) is 0 Å². The number of β-amino-alcohol motifs (C(OH)–C–C–N with tert-alkyl or cyclic N) is 1. The molecule has 134 valence electrons. The van der Waals surface area contributed by atoms with E-state index in [-0.39, 0.29) is 18.5 Å². The second kappa shape index (κ2) is 9.49. The maximum absolute atomic E-state index is 11.7. The standard InChI is InChI=1S/C18H27NO5/c1-3-23-18(21)14-7-9-19(10-8-14)12-15(20)13-24-17-6-4-5-16(11-17)22-2/h4-6,11,14-15,20H,3,7-10,12-13H2,1-2H3/t15-/m0/s1. The van der Waals surface area contributed by atoms with E-state index in [1.54, 1.807) is 13.2 Å². The van der Waals surface area contributed by atoms with E-state index in [1.807, 2.05) is 25.1 Å². The molecule has 1 atom stereocenters.